The highest BCUT2D eigenvalue weighted by Crippen LogP contribution is 2.23. The van der Waals surface area contributed by atoms with Crippen LogP contribution in [0, 0.1) is 11.8 Å². The van der Waals surface area contributed by atoms with Crippen molar-refractivity contribution >= 4 is 24.0 Å². The van der Waals surface area contributed by atoms with E-state index in [1.54, 1.807) is 6.21 Å². The predicted octanol–water partition coefficient (Wildman–Crippen LogP) is 1.40. The van der Waals surface area contributed by atoms with Crippen molar-refractivity contribution in [3.8, 4) is 0 Å². The lowest BCUT2D eigenvalue weighted by molar-refractivity contribution is -0.140. The Balaban J connectivity index is 1.64. The fraction of sp³-hybridized carbons (Fsp3) is 0.333. The molecule has 0 aliphatic carbocycles. The lowest BCUT2D eigenvalue weighted by Crippen LogP contribution is -2.51. The number of carboxylic acids is 1. The molecule has 22 heavy (non-hydrogen) atoms. The van der Waals surface area contributed by atoms with Gasteiger partial charge in [0.05, 0.1) is 11.6 Å². The summed E-state index contributed by atoms with van der Waals surface area (Å²) >= 11 is 0. The first-order valence-electron chi connectivity index (χ1n) is 6.94. The van der Waals surface area contributed by atoms with Gasteiger partial charge in [-0.1, -0.05) is 30.3 Å². The molecule has 1 amide bonds. The third-order valence-corrected chi connectivity index (χ3v) is 3.74. The number of carboxylic acid groups (broad SMARTS) is 1. The number of likely N-dealkylation sites (tertiary alicyclic amines) is 1. The smallest absolute Gasteiger partial charge is 0.410 e. The van der Waals surface area contributed by atoms with Crippen LogP contribution in [0.2, 0.25) is 0 Å². The monoisotopic (exact) mass is 301 g/mol. The number of hydrogen-bond donors (Lipinski definition) is 1. The van der Waals surface area contributed by atoms with Crippen molar-refractivity contribution in [3.05, 3.63) is 35.9 Å². The number of carbonyl (C=O) groups is 2. The highest BCUT2D eigenvalue weighted by molar-refractivity contribution is 6.12. The number of nitrogens with zero attached hydrogens (tertiary/aromatic N) is 3. The van der Waals surface area contributed by atoms with E-state index < -0.39 is 18.0 Å². The van der Waals surface area contributed by atoms with Crippen LogP contribution in [0.25, 0.3) is 0 Å². The van der Waals surface area contributed by atoms with Gasteiger partial charge >= 0.3 is 12.1 Å². The largest absolute Gasteiger partial charge is 0.481 e. The molecule has 7 heteroatoms. The molecule has 1 fully saturated rings. The summed E-state index contributed by atoms with van der Waals surface area (Å²) in [5.74, 6) is -2.07. The molecule has 0 saturated carbocycles. The maximum absolute atomic E-state index is 12.2. The Morgan fingerprint density at radius 2 is 2.05 bits per heavy atom. The van der Waals surface area contributed by atoms with E-state index in [9.17, 15) is 14.7 Å². The van der Waals surface area contributed by atoms with Crippen LogP contribution < -0.4 is 0 Å². The van der Waals surface area contributed by atoms with Crippen LogP contribution in [0.3, 0.4) is 0 Å². The van der Waals surface area contributed by atoms with Crippen LogP contribution in [-0.2, 0) is 16.1 Å². The summed E-state index contributed by atoms with van der Waals surface area (Å²) in [5.41, 5.74) is 1.40. The number of aliphatic carboxylic acids is 1. The molecular formula is C15H15N3O4. The van der Waals surface area contributed by atoms with Crippen LogP contribution in [0.5, 0.6) is 0 Å². The topological polar surface area (TPSA) is 91.6 Å². The number of amides is 1. The molecule has 2 atom stereocenters. The predicted molar refractivity (Wildman–Crippen MR) is 78.7 cm³/mol. The standard InChI is InChI=1S/C15H15N3O4/c19-14(20)12-8-18(7-11-6-16-17-13(11)12)15(21)22-9-10-4-2-1-3-5-10/h1-6,11-12H,7-9H2,(H,19,20). The van der Waals surface area contributed by atoms with Crippen LogP contribution in [0.4, 0.5) is 4.79 Å². The maximum Gasteiger partial charge on any atom is 0.410 e. The van der Waals surface area contributed by atoms with Gasteiger partial charge in [-0.25, -0.2) is 4.79 Å². The third kappa shape index (κ3) is 2.83. The van der Waals surface area contributed by atoms with Gasteiger partial charge in [0.1, 0.15) is 12.5 Å². The second kappa shape index (κ2) is 5.97. The Morgan fingerprint density at radius 1 is 1.27 bits per heavy atom. The molecule has 2 unspecified atom stereocenters. The minimum absolute atomic E-state index is 0.0572. The Bertz CT molecular complexity index is 641. The molecule has 7 nitrogen and oxygen atoms in total. The number of fused-ring (bicyclic) bond motifs is 1. The van der Waals surface area contributed by atoms with E-state index >= 15 is 0 Å². The van der Waals surface area contributed by atoms with E-state index in [-0.39, 0.29) is 19.1 Å². The van der Waals surface area contributed by atoms with Gasteiger partial charge in [-0.05, 0) is 5.56 Å². The van der Waals surface area contributed by atoms with Crippen LogP contribution in [0.15, 0.2) is 40.5 Å². The molecule has 0 radical (unpaired) electrons. The number of ether oxygens (including phenoxy) is 1. The lowest BCUT2D eigenvalue weighted by Gasteiger charge is -2.33. The van der Waals surface area contributed by atoms with Gasteiger partial charge in [-0.15, -0.1) is 0 Å². The van der Waals surface area contributed by atoms with E-state index in [4.69, 9.17) is 4.74 Å². The van der Waals surface area contributed by atoms with E-state index in [1.807, 2.05) is 30.3 Å². The molecule has 3 rings (SSSR count). The molecule has 1 aromatic rings. The average Bonchev–Trinajstić information content (AvgIpc) is 3.00. The zero-order chi connectivity index (χ0) is 15.5. The van der Waals surface area contributed by atoms with Crippen LogP contribution >= 0.6 is 0 Å². The summed E-state index contributed by atoms with van der Waals surface area (Å²) in [5, 5.41) is 16.9. The summed E-state index contributed by atoms with van der Waals surface area (Å²) in [6.45, 7) is 0.564. The van der Waals surface area contributed by atoms with Crippen molar-refractivity contribution in [2.24, 2.45) is 22.0 Å². The quantitative estimate of drug-likeness (QED) is 0.913. The minimum atomic E-state index is -1.00. The molecule has 2 heterocycles. The van der Waals surface area contributed by atoms with Gasteiger partial charge in [0, 0.05) is 19.3 Å². The molecule has 1 aromatic carbocycles. The van der Waals surface area contributed by atoms with Crippen molar-refractivity contribution in [3.63, 3.8) is 0 Å². The second-order valence-electron chi connectivity index (χ2n) is 5.23. The summed E-state index contributed by atoms with van der Waals surface area (Å²) in [6.07, 6.45) is 1.05. The summed E-state index contributed by atoms with van der Waals surface area (Å²) in [4.78, 5) is 24.9. The Kier molecular flexibility index (Phi) is 3.86. The molecule has 1 saturated heterocycles. The molecule has 0 bridgehead atoms. The van der Waals surface area contributed by atoms with E-state index in [0.29, 0.717) is 12.3 Å². The first kappa shape index (κ1) is 14.2. The first-order valence-corrected chi connectivity index (χ1v) is 6.94. The first-order chi connectivity index (χ1) is 10.6. The second-order valence-corrected chi connectivity index (χ2v) is 5.23. The van der Waals surface area contributed by atoms with E-state index in [1.165, 1.54) is 4.90 Å². The van der Waals surface area contributed by atoms with Gasteiger partial charge in [0.25, 0.3) is 0 Å². The van der Waals surface area contributed by atoms with E-state index in [0.717, 1.165) is 5.56 Å². The lowest BCUT2D eigenvalue weighted by atomic mass is 9.88. The SMILES string of the molecule is O=C(O)C1CN(C(=O)OCc2ccccc2)CC2C=NN=C21. The number of hydrogen-bond acceptors (Lipinski definition) is 5. The Labute approximate surface area is 126 Å². The number of piperidine rings is 1. The average molecular weight is 301 g/mol. The Morgan fingerprint density at radius 3 is 2.77 bits per heavy atom. The third-order valence-electron chi connectivity index (χ3n) is 3.74. The van der Waals surface area contributed by atoms with E-state index in [2.05, 4.69) is 10.2 Å². The molecule has 1 N–H and O–H groups in total. The van der Waals surface area contributed by atoms with Crippen molar-refractivity contribution in [2.45, 2.75) is 6.61 Å². The van der Waals surface area contributed by atoms with Gasteiger partial charge in [-0.2, -0.15) is 10.2 Å². The normalized spacial score (nSPS) is 22.9. The highest BCUT2D eigenvalue weighted by atomic mass is 16.6. The molecule has 0 aromatic heterocycles. The number of carbonyl (C=O) groups excluding carboxylic acids is 1. The van der Waals surface area contributed by atoms with Crippen molar-refractivity contribution in [1.82, 2.24) is 4.90 Å². The van der Waals surface area contributed by atoms with Crippen LogP contribution in [0.1, 0.15) is 5.56 Å². The zero-order valence-corrected chi connectivity index (χ0v) is 11.8. The molecule has 2 aliphatic rings. The van der Waals surface area contributed by atoms with Gasteiger partial charge in [-0.3, -0.25) is 4.79 Å². The fourth-order valence-electron chi connectivity index (χ4n) is 2.59. The zero-order valence-electron chi connectivity index (χ0n) is 11.8. The van der Waals surface area contributed by atoms with Gasteiger partial charge in [0.2, 0.25) is 0 Å². The number of benzene rings is 1. The maximum atomic E-state index is 12.2. The minimum Gasteiger partial charge on any atom is -0.481 e. The summed E-state index contributed by atoms with van der Waals surface area (Å²) in [6, 6.07) is 9.33. The molecular weight excluding hydrogens is 286 g/mol. The summed E-state index contributed by atoms with van der Waals surface area (Å²) < 4.78 is 5.25. The van der Waals surface area contributed by atoms with Crippen LogP contribution in [-0.4, -0.2) is 47.1 Å². The van der Waals surface area contributed by atoms with Crippen molar-refractivity contribution in [1.29, 1.82) is 0 Å². The molecule has 2 aliphatic heterocycles. The highest BCUT2D eigenvalue weighted by Gasteiger charge is 2.40. The molecule has 0 spiro atoms. The summed E-state index contributed by atoms with van der Waals surface area (Å²) in [7, 11) is 0. The molecule has 114 valence electrons. The van der Waals surface area contributed by atoms with Crippen molar-refractivity contribution < 1.29 is 19.4 Å². The van der Waals surface area contributed by atoms with Gasteiger partial charge in [0.15, 0.2) is 0 Å². The Hall–Kier alpha value is -2.70. The fourth-order valence-corrected chi connectivity index (χ4v) is 2.59. The number of rotatable bonds is 3. The van der Waals surface area contributed by atoms with Crippen molar-refractivity contribution in [2.75, 3.05) is 13.1 Å². The van der Waals surface area contributed by atoms with Gasteiger partial charge < -0.3 is 14.7 Å².